The summed E-state index contributed by atoms with van der Waals surface area (Å²) in [7, 11) is 0. The maximum atomic E-state index is 12.8. The van der Waals surface area contributed by atoms with Gasteiger partial charge in [-0.05, 0) is 75.4 Å². The Morgan fingerprint density at radius 1 is 1.20 bits per heavy atom. The van der Waals surface area contributed by atoms with Gasteiger partial charge < -0.3 is 9.84 Å². The van der Waals surface area contributed by atoms with E-state index in [0.717, 1.165) is 45.4 Å². The van der Waals surface area contributed by atoms with E-state index in [0.29, 0.717) is 0 Å². The molecule has 30 heavy (non-hydrogen) atoms. The van der Waals surface area contributed by atoms with Gasteiger partial charge in [0.05, 0.1) is 18.5 Å². The van der Waals surface area contributed by atoms with Crippen LogP contribution in [0.25, 0.3) is 11.0 Å². The van der Waals surface area contributed by atoms with Crippen molar-refractivity contribution in [2.45, 2.75) is 72.6 Å². The summed E-state index contributed by atoms with van der Waals surface area (Å²) in [6.07, 6.45) is 0.208. The van der Waals surface area contributed by atoms with Gasteiger partial charge in [0, 0.05) is 12.5 Å². The molecule has 0 saturated heterocycles. The van der Waals surface area contributed by atoms with Crippen LogP contribution in [0.15, 0.2) is 30.3 Å². The Morgan fingerprint density at radius 3 is 2.57 bits per heavy atom. The van der Waals surface area contributed by atoms with E-state index < -0.39 is 5.60 Å². The highest BCUT2D eigenvalue weighted by Gasteiger charge is 2.26. The van der Waals surface area contributed by atoms with Gasteiger partial charge >= 0.3 is 5.97 Å². The van der Waals surface area contributed by atoms with Crippen LogP contribution in [0.5, 0.6) is 0 Å². The molecule has 0 aliphatic rings. The highest BCUT2D eigenvalue weighted by Crippen LogP contribution is 2.35. The summed E-state index contributed by atoms with van der Waals surface area (Å²) in [6, 6.07) is 10.1. The first kappa shape index (κ1) is 22.0. The molecule has 0 bridgehead atoms. The van der Waals surface area contributed by atoms with Crippen molar-refractivity contribution >= 4 is 17.0 Å². The number of benzene rings is 2. The summed E-state index contributed by atoms with van der Waals surface area (Å²) in [5, 5.41) is 18.4. The molecule has 0 fully saturated rings. The molecule has 0 aliphatic carbocycles. The molecule has 0 radical (unpaired) electrons. The molecule has 0 aliphatic heterocycles. The van der Waals surface area contributed by atoms with Gasteiger partial charge in [0.2, 0.25) is 0 Å². The second-order valence-electron chi connectivity index (χ2n) is 8.74. The lowest BCUT2D eigenvalue weighted by Gasteiger charge is -2.24. The number of carbonyl (C=O) groups is 1. The third-order valence-electron chi connectivity index (χ3n) is 5.39. The summed E-state index contributed by atoms with van der Waals surface area (Å²) in [6.45, 7) is 12.3. The number of aryl methyl sites for hydroxylation is 3. The molecular formula is C24H31N3O3. The van der Waals surface area contributed by atoms with Gasteiger partial charge in [-0.1, -0.05) is 29.5 Å². The molecule has 6 nitrogen and oxygen atoms in total. The van der Waals surface area contributed by atoms with Crippen molar-refractivity contribution in [3.8, 4) is 0 Å². The van der Waals surface area contributed by atoms with Crippen LogP contribution in [0.1, 0.15) is 67.9 Å². The Bertz CT molecular complexity index is 1060. The number of ether oxygens (including phenoxy) is 1. The zero-order valence-corrected chi connectivity index (χ0v) is 18.7. The number of rotatable bonds is 6. The monoisotopic (exact) mass is 409 g/mol. The smallest absolute Gasteiger partial charge is 0.307 e. The van der Waals surface area contributed by atoms with E-state index >= 15 is 0 Å². The Hall–Kier alpha value is -2.73. The molecule has 2 aromatic carbocycles. The Morgan fingerprint density at radius 2 is 1.93 bits per heavy atom. The zero-order valence-electron chi connectivity index (χ0n) is 18.7. The second kappa shape index (κ2) is 8.56. The SMILES string of the molecule is CCn1nnc2c(C)c([C@H](CC(=O)OC(C)(C)C)c3ccc(C)c(CO)c3)ccc21. The van der Waals surface area contributed by atoms with Gasteiger partial charge in [0.25, 0.3) is 0 Å². The topological polar surface area (TPSA) is 77.2 Å². The lowest BCUT2D eigenvalue weighted by Crippen LogP contribution is -2.25. The average Bonchev–Trinajstić information content (AvgIpc) is 3.10. The third kappa shape index (κ3) is 4.54. The summed E-state index contributed by atoms with van der Waals surface area (Å²) in [5.74, 6) is -0.461. The molecule has 0 unspecified atom stereocenters. The fourth-order valence-electron chi connectivity index (χ4n) is 3.83. The van der Waals surface area contributed by atoms with Crippen LogP contribution in [0, 0.1) is 13.8 Å². The lowest BCUT2D eigenvalue weighted by atomic mass is 9.84. The first-order valence-electron chi connectivity index (χ1n) is 10.4. The van der Waals surface area contributed by atoms with E-state index in [1.807, 2.05) is 70.5 Å². The highest BCUT2D eigenvalue weighted by molar-refractivity contribution is 5.80. The number of esters is 1. The van der Waals surface area contributed by atoms with Gasteiger partial charge in [0.1, 0.15) is 11.1 Å². The molecule has 1 atom stereocenters. The minimum Gasteiger partial charge on any atom is -0.460 e. The van der Waals surface area contributed by atoms with Crippen molar-refractivity contribution in [3.05, 3.63) is 58.1 Å². The van der Waals surface area contributed by atoms with Crippen molar-refractivity contribution in [2.75, 3.05) is 0 Å². The molecule has 3 aromatic rings. The summed E-state index contributed by atoms with van der Waals surface area (Å²) in [4.78, 5) is 12.8. The Balaban J connectivity index is 2.10. The van der Waals surface area contributed by atoms with E-state index in [9.17, 15) is 9.90 Å². The number of aliphatic hydroxyl groups is 1. The summed E-state index contributed by atoms with van der Waals surface area (Å²) < 4.78 is 7.49. The first-order chi connectivity index (χ1) is 14.1. The summed E-state index contributed by atoms with van der Waals surface area (Å²) in [5.41, 5.74) is 6.16. The molecule has 1 N–H and O–H groups in total. The number of hydrogen-bond acceptors (Lipinski definition) is 5. The number of aromatic nitrogens is 3. The van der Waals surface area contributed by atoms with Crippen LogP contribution < -0.4 is 0 Å². The fraction of sp³-hybridized carbons (Fsp3) is 0.458. The highest BCUT2D eigenvalue weighted by atomic mass is 16.6. The van der Waals surface area contributed by atoms with E-state index in [4.69, 9.17) is 4.74 Å². The maximum absolute atomic E-state index is 12.8. The predicted octanol–water partition coefficient (Wildman–Crippen LogP) is 4.42. The van der Waals surface area contributed by atoms with Crippen LogP contribution in [0.2, 0.25) is 0 Å². The van der Waals surface area contributed by atoms with Crippen molar-refractivity contribution in [1.82, 2.24) is 15.0 Å². The summed E-state index contributed by atoms with van der Waals surface area (Å²) >= 11 is 0. The van der Waals surface area contributed by atoms with Crippen LogP contribution in [0.4, 0.5) is 0 Å². The molecular weight excluding hydrogens is 378 g/mol. The van der Waals surface area contributed by atoms with Crippen LogP contribution in [-0.4, -0.2) is 31.7 Å². The number of carbonyl (C=O) groups excluding carboxylic acids is 1. The van der Waals surface area contributed by atoms with Gasteiger partial charge in [-0.2, -0.15) is 0 Å². The van der Waals surface area contributed by atoms with Gasteiger partial charge in [-0.15, -0.1) is 5.10 Å². The average molecular weight is 410 g/mol. The van der Waals surface area contributed by atoms with Gasteiger partial charge in [-0.3, -0.25) is 4.79 Å². The molecule has 1 aromatic heterocycles. The molecule has 6 heteroatoms. The molecule has 0 amide bonds. The number of fused-ring (bicyclic) bond motifs is 1. The Labute approximate surface area is 177 Å². The molecule has 1 heterocycles. The normalized spacial score (nSPS) is 12.9. The van der Waals surface area contributed by atoms with Crippen LogP contribution in [-0.2, 0) is 22.7 Å². The van der Waals surface area contributed by atoms with Gasteiger partial charge in [-0.25, -0.2) is 4.68 Å². The van der Waals surface area contributed by atoms with E-state index in [1.165, 1.54) is 0 Å². The molecule has 0 saturated carbocycles. The first-order valence-corrected chi connectivity index (χ1v) is 10.4. The molecule has 3 rings (SSSR count). The third-order valence-corrected chi connectivity index (χ3v) is 5.39. The van der Waals surface area contributed by atoms with Crippen molar-refractivity contribution in [3.63, 3.8) is 0 Å². The van der Waals surface area contributed by atoms with Crippen molar-refractivity contribution in [1.29, 1.82) is 0 Å². The van der Waals surface area contributed by atoms with E-state index in [2.05, 4.69) is 16.4 Å². The predicted molar refractivity (Wildman–Crippen MR) is 117 cm³/mol. The number of hydrogen-bond donors (Lipinski definition) is 1. The van der Waals surface area contributed by atoms with Crippen molar-refractivity contribution < 1.29 is 14.6 Å². The Kier molecular flexibility index (Phi) is 6.27. The van der Waals surface area contributed by atoms with Crippen LogP contribution in [0.3, 0.4) is 0 Å². The minimum atomic E-state index is -0.548. The largest absolute Gasteiger partial charge is 0.460 e. The number of nitrogens with zero attached hydrogens (tertiary/aromatic N) is 3. The molecule has 160 valence electrons. The molecule has 0 spiro atoms. The van der Waals surface area contributed by atoms with E-state index in [1.54, 1.807) is 0 Å². The van der Waals surface area contributed by atoms with Gasteiger partial charge in [0.15, 0.2) is 0 Å². The number of aliphatic hydroxyl groups excluding tert-OH is 1. The minimum absolute atomic E-state index is 0.0400. The second-order valence-corrected chi connectivity index (χ2v) is 8.74. The van der Waals surface area contributed by atoms with Crippen molar-refractivity contribution in [2.24, 2.45) is 0 Å². The quantitative estimate of drug-likeness (QED) is 0.610. The zero-order chi connectivity index (χ0) is 22.1. The standard InChI is InChI=1S/C24H31N3O3/c1-7-27-21-11-10-19(16(3)23(21)25-26-27)20(13-22(29)30-24(4,5)6)17-9-8-15(2)18(12-17)14-28/h8-12,20,28H,7,13-14H2,1-6H3/t20-/m1/s1. The van der Waals surface area contributed by atoms with E-state index in [-0.39, 0.29) is 24.9 Å². The lowest BCUT2D eigenvalue weighted by molar-refractivity contribution is -0.155. The maximum Gasteiger partial charge on any atom is 0.307 e. The fourth-order valence-corrected chi connectivity index (χ4v) is 3.83. The van der Waals surface area contributed by atoms with Crippen LogP contribution >= 0.6 is 0 Å².